The molecule has 0 radical (unpaired) electrons. The highest BCUT2D eigenvalue weighted by Crippen LogP contribution is 2.11. The van der Waals surface area contributed by atoms with Crippen LogP contribution in [-0.4, -0.2) is 51.7 Å². The predicted octanol–water partition coefficient (Wildman–Crippen LogP) is 2.95. The predicted molar refractivity (Wildman–Crippen MR) is 114 cm³/mol. The minimum absolute atomic E-state index is 0. The fraction of sp³-hybridized carbons (Fsp3) is 0.611. The van der Waals surface area contributed by atoms with Gasteiger partial charge < -0.3 is 20.3 Å². The normalized spacial score (nSPS) is 12.8. The van der Waals surface area contributed by atoms with Crippen LogP contribution in [-0.2, 0) is 6.54 Å². The third-order valence-corrected chi connectivity index (χ3v) is 3.82. The van der Waals surface area contributed by atoms with Crippen LogP contribution in [0.3, 0.4) is 0 Å². The van der Waals surface area contributed by atoms with E-state index in [0.717, 1.165) is 31.2 Å². The van der Waals surface area contributed by atoms with Gasteiger partial charge in [0.1, 0.15) is 5.75 Å². The summed E-state index contributed by atoms with van der Waals surface area (Å²) in [6, 6.07) is 8.55. The van der Waals surface area contributed by atoms with E-state index in [9.17, 15) is 0 Å². The smallest absolute Gasteiger partial charge is 0.191 e. The number of methoxy groups -OCH3 is 1. The molecule has 1 aromatic carbocycles. The van der Waals surface area contributed by atoms with Crippen molar-refractivity contribution in [3.63, 3.8) is 0 Å². The van der Waals surface area contributed by atoms with Crippen molar-refractivity contribution in [2.45, 2.75) is 32.9 Å². The van der Waals surface area contributed by atoms with E-state index in [-0.39, 0.29) is 24.0 Å². The molecule has 0 bridgehead atoms. The van der Waals surface area contributed by atoms with Gasteiger partial charge in [0.05, 0.1) is 7.11 Å². The number of halogens is 1. The zero-order chi connectivity index (χ0) is 17.2. The molecule has 1 rings (SSSR count). The molecule has 1 unspecified atom stereocenters. The Kier molecular flexibility index (Phi) is 11.8. The first-order valence-electron chi connectivity index (χ1n) is 8.20. The van der Waals surface area contributed by atoms with Gasteiger partial charge in [0.25, 0.3) is 0 Å². The molecule has 5 nitrogen and oxygen atoms in total. The van der Waals surface area contributed by atoms with Crippen molar-refractivity contribution >= 4 is 29.9 Å². The van der Waals surface area contributed by atoms with Gasteiger partial charge in [0.15, 0.2) is 5.96 Å². The Labute approximate surface area is 164 Å². The summed E-state index contributed by atoms with van der Waals surface area (Å²) >= 11 is 0. The fourth-order valence-electron chi connectivity index (χ4n) is 2.39. The van der Waals surface area contributed by atoms with Gasteiger partial charge in [-0.1, -0.05) is 26.0 Å². The Hall–Kier alpha value is -1.02. The van der Waals surface area contributed by atoms with E-state index in [2.05, 4.69) is 60.6 Å². The van der Waals surface area contributed by atoms with Crippen molar-refractivity contribution in [2.75, 3.05) is 34.8 Å². The molecule has 0 saturated carbocycles. The van der Waals surface area contributed by atoms with Gasteiger partial charge in [0, 0.05) is 26.2 Å². The van der Waals surface area contributed by atoms with Gasteiger partial charge in [-0.2, -0.15) is 0 Å². The van der Waals surface area contributed by atoms with Crippen LogP contribution in [0, 0.1) is 5.92 Å². The molecule has 0 aromatic heterocycles. The maximum atomic E-state index is 5.17. The van der Waals surface area contributed by atoms with Crippen LogP contribution >= 0.6 is 24.0 Å². The topological polar surface area (TPSA) is 48.9 Å². The summed E-state index contributed by atoms with van der Waals surface area (Å²) in [7, 11) is 7.73. The maximum absolute atomic E-state index is 5.17. The summed E-state index contributed by atoms with van der Waals surface area (Å²) in [5.41, 5.74) is 1.19. The van der Waals surface area contributed by atoms with Crippen molar-refractivity contribution in [2.24, 2.45) is 10.9 Å². The highest BCUT2D eigenvalue weighted by atomic mass is 127. The number of aliphatic imine (C=N–C) groups is 1. The maximum Gasteiger partial charge on any atom is 0.191 e. The number of ether oxygens (including phenoxy) is 1. The van der Waals surface area contributed by atoms with Gasteiger partial charge in [-0.05, 0) is 44.1 Å². The lowest BCUT2D eigenvalue weighted by Gasteiger charge is -2.27. The SMILES string of the molecule is CN=C(NCc1ccc(OC)cc1)NCC(CC(C)C)N(C)C.I. The van der Waals surface area contributed by atoms with E-state index in [1.54, 1.807) is 14.2 Å². The molecule has 6 heteroatoms. The minimum Gasteiger partial charge on any atom is -0.497 e. The first kappa shape index (κ1) is 23.0. The van der Waals surface area contributed by atoms with Crippen LogP contribution < -0.4 is 15.4 Å². The number of guanidine groups is 1. The largest absolute Gasteiger partial charge is 0.497 e. The standard InChI is InChI=1S/C18H32N4O.HI/c1-14(2)11-16(22(4)5)13-21-18(19-3)20-12-15-7-9-17(23-6)10-8-15;/h7-10,14,16H,11-13H2,1-6H3,(H2,19,20,21);1H. The molecule has 0 fully saturated rings. The zero-order valence-electron chi connectivity index (χ0n) is 15.8. The summed E-state index contributed by atoms with van der Waals surface area (Å²) in [6.07, 6.45) is 1.16. The lowest BCUT2D eigenvalue weighted by atomic mass is 10.0. The van der Waals surface area contributed by atoms with Crippen molar-refractivity contribution < 1.29 is 4.74 Å². The van der Waals surface area contributed by atoms with E-state index in [1.807, 2.05) is 12.1 Å². The summed E-state index contributed by atoms with van der Waals surface area (Å²) in [5, 5.41) is 6.77. The number of hydrogen-bond acceptors (Lipinski definition) is 3. The second-order valence-corrected chi connectivity index (χ2v) is 6.40. The highest BCUT2D eigenvalue weighted by molar-refractivity contribution is 14.0. The molecular weight excluding hydrogens is 415 g/mol. The third kappa shape index (κ3) is 8.73. The van der Waals surface area contributed by atoms with Crippen molar-refractivity contribution in [1.82, 2.24) is 15.5 Å². The molecule has 0 aliphatic carbocycles. The number of benzene rings is 1. The Morgan fingerprint density at radius 2 is 1.79 bits per heavy atom. The Morgan fingerprint density at radius 1 is 1.17 bits per heavy atom. The van der Waals surface area contributed by atoms with Crippen molar-refractivity contribution in [1.29, 1.82) is 0 Å². The number of nitrogens with zero attached hydrogens (tertiary/aromatic N) is 2. The quantitative estimate of drug-likeness (QED) is 0.365. The molecule has 0 aliphatic heterocycles. The average Bonchev–Trinajstić information content (AvgIpc) is 2.53. The minimum atomic E-state index is 0. The molecule has 1 aromatic rings. The summed E-state index contributed by atoms with van der Waals surface area (Å²) < 4.78 is 5.17. The van der Waals surface area contributed by atoms with Crippen molar-refractivity contribution in [3.8, 4) is 5.75 Å². The molecular formula is C18H33IN4O. The number of likely N-dealkylation sites (N-methyl/N-ethyl adjacent to an activating group) is 1. The van der Waals surface area contributed by atoms with Crippen LogP contribution in [0.4, 0.5) is 0 Å². The van der Waals surface area contributed by atoms with Crippen LogP contribution in [0.15, 0.2) is 29.3 Å². The Balaban J connectivity index is 0.00000529. The molecule has 0 saturated heterocycles. The second kappa shape index (κ2) is 12.4. The highest BCUT2D eigenvalue weighted by Gasteiger charge is 2.13. The van der Waals surface area contributed by atoms with Crippen molar-refractivity contribution in [3.05, 3.63) is 29.8 Å². The molecule has 24 heavy (non-hydrogen) atoms. The Bertz CT molecular complexity index is 474. The zero-order valence-corrected chi connectivity index (χ0v) is 18.1. The summed E-state index contributed by atoms with van der Waals surface area (Å²) in [4.78, 5) is 6.57. The molecule has 0 heterocycles. The van der Waals surface area contributed by atoms with Gasteiger partial charge in [-0.25, -0.2) is 0 Å². The number of hydrogen-bond donors (Lipinski definition) is 2. The lowest BCUT2D eigenvalue weighted by molar-refractivity contribution is 0.254. The second-order valence-electron chi connectivity index (χ2n) is 6.40. The van der Waals surface area contributed by atoms with E-state index >= 15 is 0 Å². The van der Waals surface area contributed by atoms with Gasteiger partial charge >= 0.3 is 0 Å². The van der Waals surface area contributed by atoms with Crippen LogP contribution in [0.5, 0.6) is 5.75 Å². The first-order valence-corrected chi connectivity index (χ1v) is 8.20. The average molecular weight is 448 g/mol. The van der Waals surface area contributed by atoms with Gasteiger partial charge in [-0.15, -0.1) is 24.0 Å². The first-order chi connectivity index (χ1) is 11.0. The molecule has 138 valence electrons. The van der Waals surface area contributed by atoms with E-state index in [1.165, 1.54) is 5.56 Å². The summed E-state index contributed by atoms with van der Waals surface area (Å²) in [5.74, 6) is 2.38. The van der Waals surface area contributed by atoms with Crippen LogP contribution in [0.2, 0.25) is 0 Å². The van der Waals surface area contributed by atoms with E-state index in [0.29, 0.717) is 12.0 Å². The number of nitrogens with one attached hydrogen (secondary N) is 2. The Morgan fingerprint density at radius 3 is 2.25 bits per heavy atom. The van der Waals surface area contributed by atoms with Gasteiger partial charge in [0.2, 0.25) is 0 Å². The fourth-order valence-corrected chi connectivity index (χ4v) is 2.39. The van der Waals surface area contributed by atoms with E-state index in [4.69, 9.17) is 4.74 Å². The molecule has 1 atom stereocenters. The molecule has 2 N–H and O–H groups in total. The third-order valence-electron chi connectivity index (χ3n) is 3.82. The number of rotatable bonds is 8. The molecule has 0 amide bonds. The van der Waals surface area contributed by atoms with E-state index < -0.39 is 0 Å². The molecule has 0 aliphatic rings. The van der Waals surface area contributed by atoms with Crippen LogP contribution in [0.1, 0.15) is 25.8 Å². The van der Waals surface area contributed by atoms with Crippen LogP contribution in [0.25, 0.3) is 0 Å². The molecule has 0 spiro atoms. The monoisotopic (exact) mass is 448 g/mol. The lowest BCUT2D eigenvalue weighted by Crippen LogP contribution is -2.45. The summed E-state index contributed by atoms with van der Waals surface area (Å²) in [6.45, 7) is 6.13. The van der Waals surface area contributed by atoms with Gasteiger partial charge in [-0.3, -0.25) is 4.99 Å².